The standard InChI is InChI=1S/C24H24N2O2/c1-27-22-15-7-8-16-23(22)28-18-10-9-17-26-21-14-6-5-13-20(21)25-24(26)19-11-3-2-4-12-19/h2-8,11-16H,9-10,17-18H2,1H3. The van der Waals surface area contributed by atoms with E-state index >= 15 is 0 Å². The highest BCUT2D eigenvalue weighted by molar-refractivity contribution is 5.80. The molecule has 4 nitrogen and oxygen atoms in total. The molecular weight excluding hydrogens is 348 g/mol. The normalized spacial score (nSPS) is 10.9. The van der Waals surface area contributed by atoms with Crippen LogP contribution in [0.2, 0.25) is 0 Å². The van der Waals surface area contributed by atoms with Gasteiger partial charge in [0, 0.05) is 12.1 Å². The molecular formula is C24H24N2O2. The number of hydrogen-bond acceptors (Lipinski definition) is 3. The Bertz CT molecular complexity index is 1040. The van der Waals surface area contributed by atoms with Gasteiger partial charge in [0.25, 0.3) is 0 Å². The monoisotopic (exact) mass is 372 g/mol. The van der Waals surface area contributed by atoms with Gasteiger partial charge in [-0.25, -0.2) is 4.98 Å². The average Bonchev–Trinajstić information content (AvgIpc) is 3.13. The number of nitrogens with zero attached hydrogens (tertiary/aromatic N) is 2. The van der Waals surface area contributed by atoms with E-state index in [-0.39, 0.29) is 0 Å². The van der Waals surface area contributed by atoms with Crippen LogP contribution in [0.1, 0.15) is 12.8 Å². The smallest absolute Gasteiger partial charge is 0.161 e. The zero-order chi connectivity index (χ0) is 19.2. The van der Waals surface area contributed by atoms with Gasteiger partial charge in [-0.15, -0.1) is 0 Å². The maximum atomic E-state index is 5.90. The van der Waals surface area contributed by atoms with Crippen LogP contribution in [0.4, 0.5) is 0 Å². The second kappa shape index (κ2) is 8.61. The molecule has 0 saturated carbocycles. The number of para-hydroxylation sites is 4. The summed E-state index contributed by atoms with van der Waals surface area (Å²) in [4.78, 5) is 4.87. The van der Waals surface area contributed by atoms with E-state index in [1.54, 1.807) is 7.11 Å². The van der Waals surface area contributed by atoms with Gasteiger partial charge in [0.05, 0.1) is 24.8 Å². The Morgan fingerprint density at radius 3 is 2.32 bits per heavy atom. The van der Waals surface area contributed by atoms with Crippen molar-refractivity contribution in [2.45, 2.75) is 19.4 Å². The van der Waals surface area contributed by atoms with E-state index < -0.39 is 0 Å². The first-order valence-corrected chi connectivity index (χ1v) is 9.63. The first-order chi connectivity index (χ1) is 13.9. The minimum absolute atomic E-state index is 0.660. The molecule has 0 atom stereocenters. The largest absolute Gasteiger partial charge is 0.493 e. The quantitative estimate of drug-likeness (QED) is 0.379. The molecule has 3 aromatic carbocycles. The van der Waals surface area contributed by atoms with E-state index in [4.69, 9.17) is 14.5 Å². The topological polar surface area (TPSA) is 36.3 Å². The first-order valence-electron chi connectivity index (χ1n) is 9.63. The molecule has 0 aliphatic rings. The Morgan fingerprint density at radius 1 is 0.786 bits per heavy atom. The Morgan fingerprint density at radius 2 is 1.50 bits per heavy atom. The number of methoxy groups -OCH3 is 1. The molecule has 0 saturated heterocycles. The zero-order valence-electron chi connectivity index (χ0n) is 16.0. The molecule has 0 radical (unpaired) electrons. The maximum Gasteiger partial charge on any atom is 0.161 e. The summed E-state index contributed by atoms with van der Waals surface area (Å²) < 4.78 is 13.5. The van der Waals surface area contributed by atoms with Crippen molar-refractivity contribution in [3.63, 3.8) is 0 Å². The van der Waals surface area contributed by atoms with Gasteiger partial charge in [-0.2, -0.15) is 0 Å². The van der Waals surface area contributed by atoms with Crippen molar-refractivity contribution in [1.29, 1.82) is 0 Å². The van der Waals surface area contributed by atoms with Crippen LogP contribution >= 0.6 is 0 Å². The second-order valence-corrected chi connectivity index (χ2v) is 6.65. The van der Waals surface area contributed by atoms with Crippen LogP contribution in [0.5, 0.6) is 11.5 Å². The van der Waals surface area contributed by atoms with Crippen molar-refractivity contribution in [1.82, 2.24) is 9.55 Å². The summed E-state index contributed by atoms with van der Waals surface area (Å²) >= 11 is 0. The lowest BCUT2D eigenvalue weighted by molar-refractivity contribution is 0.284. The van der Waals surface area contributed by atoms with Gasteiger partial charge in [-0.1, -0.05) is 54.6 Å². The lowest BCUT2D eigenvalue weighted by Gasteiger charge is -2.12. The number of hydrogen-bond donors (Lipinski definition) is 0. The van der Waals surface area contributed by atoms with Crippen LogP contribution in [0.15, 0.2) is 78.9 Å². The Balaban J connectivity index is 1.44. The SMILES string of the molecule is COc1ccccc1OCCCCn1c(-c2ccccc2)nc2ccccc21. The van der Waals surface area contributed by atoms with Gasteiger partial charge in [0.2, 0.25) is 0 Å². The second-order valence-electron chi connectivity index (χ2n) is 6.65. The number of ether oxygens (including phenoxy) is 2. The third kappa shape index (κ3) is 3.86. The number of aromatic nitrogens is 2. The highest BCUT2D eigenvalue weighted by atomic mass is 16.5. The van der Waals surface area contributed by atoms with Crippen LogP contribution in [-0.2, 0) is 6.54 Å². The molecule has 4 rings (SSSR count). The lowest BCUT2D eigenvalue weighted by atomic mass is 10.2. The molecule has 0 fully saturated rings. The number of aryl methyl sites for hydroxylation is 1. The summed E-state index contributed by atoms with van der Waals surface area (Å²) in [5.74, 6) is 2.59. The van der Waals surface area contributed by atoms with Crippen LogP contribution < -0.4 is 9.47 Å². The first kappa shape index (κ1) is 18.1. The number of imidazole rings is 1. The van der Waals surface area contributed by atoms with Crippen molar-refractivity contribution in [2.75, 3.05) is 13.7 Å². The van der Waals surface area contributed by atoms with Gasteiger partial charge in [-0.05, 0) is 37.1 Å². The van der Waals surface area contributed by atoms with Crippen molar-refractivity contribution in [3.8, 4) is 22.9 Å². The number of benzene rings is 3. The molecule has 0 aliphatic heterocycles. The van der Waals surface area contributed by atoms with Crippen molar-refractivity contribution in [3.05, 3.63) is 78.9 Å². The van der Waals surface area contributed by atoms with Crippen molar-refractivity contribution >= 4 is 11.0 Å². The zero-order valence-corrected chi connectivity index (χ0v) is 16.0. The molecule has 0 spiro atoms. The molecule has 0 N–H and O–H groups in total. The predicted molar refractivity (Wildman–Crippen MR) is 113 cm³/mol. The van der Waals surface area contributed by atoms with Crippen LogP contribution in [0.25, 0.3) is 22.4 Å². The van der Waals surface area contributed by atoms with Gasteiger partial charge >= 0.3 is 0 Å². The van der Waals surface area contributed by atoms with Crippen LogP contribution in [0, 0.1) is 0 Å². The van der Waals surface area contributed by atoms with E-state index in [2.05, 4.69) is 47.0 Å². The summed E-state index contributed by atoms with van der Waals surface area (Å²) in [6.07, 6.45) is 1.97. The molecule has 28 heavy (non-hydrogen) atoms. The molecule has 0 amide bonds. The van der Waals surface area contributed by atoms with Crippen molar-refractivity contribution < 1.29 is 9.47 Å². The maximum absolute atomic E-state index is 5.90. The Labute approximate surface area is 165 Å². The van der Waals surface area contributed by atoms with E-state index in [1.807, 2.05) is 36.4 Å². The summed E-state index contributed by atoms with van der Waals surface area (Å²) in [6, 6.07) is 26.5. The number of unbranched alkanes of at least 4 members (excludes halogenated alkanes) is 1. The summed E-state index contributed by atoms with van der Waals surface area (Å²) in [6.45, 7) is 1.56. The van der Waals surface area contributed by atoms with Crippen molar-refractivity contribution in [2.24, 2.45) is 0 Å². The average molecular weight is 372 g/mol. The molecule has 4 heteroatoms. The molecule has 1 aromatic heterocycles. The summed E-state index contributed by atoms with van der Waals surface area (Å²) in [5.41, 5.74) is 3.35. The highest BCUT2D eigenvalue weighted by Gasteiger charge is 2.11. The van der Waals surface area contributed by atoms with E-state index in [0.717, 1.165) is 47.8 Å². The van der Waals surface area contributed by atoms with Crippen LogP contribution in [-0.4, -0.2) is 23.3 Å². The third-order valence-corrected chi connectivity index (χ3v) is 4.79. The van der Waals surface area contributed by atoms with Gasteiger partial charge < -0.3 is 14.0 Å². The fraction of sp³-hybridized carbons (Fsp3) is 0.208. The predicted octanol–water partition coefficient (Wildman–Crippen LogP) is 5.57. The molecule has 0 bridgehead atoms. The fourth-order valence-electron chi connectivity index (χ4n) is 3.40. The van der Waals surface area contributed by atoms with Crippen LogP contribution in [0.3, 0.4) is 0 Å². The minimum atomic E-state index is 0.660. The van der Waals surface area contributed by atoms with Gasteiger partial charge in [0.15, 0.2) is 11.5 Å². The number of fused-ring (bicyclic) bond motifs is 1. The van der Waals surface area contributed by atoms with Gasteiger partial charge in [-0.3, -0.25) is 0 Å². The fourth-order valence-corrected chi connectivity index (χ4v) is 3.40. The van der Waals surface area contributed by atoms with E-state index in [9.17, 15) is 0 Å². The third-order valence-electron chi connectivity index (χ3n) is 4.79. The minimum Gasteiger partial charge on any atom is -0.493 e. The Kier molecular flexibility index (Phi) is 5.57. The Hall–Kier alpha value is -3.27. The lowest BCUT2D eigenvalue weighted by Crippen LogP contribution is -2.04. The summed E-state index contributed by atoms with van der Waals surface area (Å²) in [5, 5.41) is 0. The van der Waals surface area contributed by atoms with Gasteiger partial charge in [0.1, 0.15) is 5.82 Å². The molecule has 0 aliphatic carbocycles. The van der Waals surface area contributed by atoms with E-state index in [0.29, 0.717) is 6.61 Å². The highest BCUT2D eigenvalue weighted by Crippen LogP contribution is 2.27. The number of rotatable bonds is 8. The van der Waals surface area contributed by atoms with E-state index in [1.165, 1.54) is 5.52 Å². The summed E-state index contributed by atoms with van der Waals surface area (Å²) in [7, 11) is 1.66. The molecule has 142 valence electrons. The molecule has 0 unspecified atom stereocenters. The molecule has 1 heterocycles. The molecule has 4 aromatic rings.